The predicted octanol–water partition coefficient (Wildman–Crippen LogP) is 4.63. The summed E-state index contributed by atoms with van der Waals surface area (Å²) >= 11 is 6.12. The first-order valence-electron chi connectivity index (χ1n) is 9.14. The normalized spacial score (nSPS) is 20.9. The molecule has 29 heavy (non-hydrogen) atoms. The molecule has 0 amide bonds. The Hall–Kier alpha value is -3.06. The van der Waals surface area contributed by atoms with Crippen LogP contribution in [0.15, 0.2) is 60.1 Å². The number of Topliss-reactive ketones (excluding diaryl/α,β-unsaturated/α-hetero) is 1. The van der Waals surface area contributed by atoms with Crippen LogP contribution in [0.2, 0.25) is 5.02 Å². The number of anilines is 1. The number of ketones is 1. The van der Waals surface area contributed by atoms with Crippen molar-refractivity contribution in [3.05, 3.63) is 87.8 Å². The van der Waals surface area contributed by atoms with Crippen molar-refractivity contribution >= 4 is 23.3 Å². The number of benzene rings is 2. The smallest absolute Gasteiger partial charge is 0.226 e. The molecule has 8 heteroatoms. The summed E-state index contributed by atoms with van der Waals surface area (Å²) in [6.45, 7) is 0. The van der Waals surface area contributed by atoms with Gasteiger partial charge in [-0.05, 0) is 47.7 Å². The van der Waals surface area contributed by atoms with Gasteiger partial charge in [0, 0.05) is 28.8 Å². The SMILES string of the molecule is O=C1C[C@@H](c2cccc(Cl)c2)CC2=C1[C@@H](c1cc(F)cc(F)c1)n1ncnc1N2. The molecule has 0 unspecified atom stereocenters. The third-order valence-electron chi connectivity index (χ3n) is 5.38. The number of aromatic nitrogens is 3. The van der Waals surface area contributed by atoms with Crippen molar-refractivity contribution in [3.8, 4) is 0 Å². The summed E-state index contributed by atoms with van der Waals surface area (Å²) in [5.74, 6) is -1.13. The molecule has 2 atom stereocenters. The lowest BCUT2D eigenvalue weighted by Gasteiger charge is -2.35. The maximum absolute atomic E-state index is 13.9. The maximum Gasteiger partial charge on any atom is 0.226 e. The third kappa shape index (κ3) is 3.11. The molecule has 2 aliphatic rings. The van der Waals surface area contributed by atoms with Crippen molar-refractivity contribution in [1.29, 1.82) is 0 Å². The number of rotatable bonds is 2. The van der Waals surface area contributed by atoms with Gasteiger partial charge in [-0.15, -0.1) is 0 Å². The molecule has 146 valence electrons. The van der Waals surface area contributed by atoms with Gasteiger partial charge in [-0.2, -0.15) is 10.1 Å². The van der Waals surface area contributed by atoms with Gasteiger partial charge < -0.3 is 5.32 Å². The van der Waals surface area contributed by atoms with Crippen LogP contribution in [0.3, 0.4) is 0 Å². The van der Waals surface area contributed by atoms with Crippen molar-refractivity contribution < 1.29 is 13.6 Å². The van der Waals surface area contributed by atoms with E-state index >= 15 is 0 Å². The highest BCUT2D eigenvalue weighted by molar-refractivity contribution is 6.30. The van der Waals surface area contributed by atoms with Crippen molar-refractivity contribution in [2.24, 2.45) is 0 Å². The minimum absolute atomic E-state index is 0.0492. The van der Waals surface area contributed by atoms with E-state index in [9.17, 15) is 13.6 Å². The fourth-order valence-electron chi connectivity index (χ4n) is 4.19. The fraction of sp³-hybridized carbons (Fsp3) is 0.190. The third-order valence-corrected chi connectivity index (χ3v) is 5.62. The van der Waals surface area contributed by atoms with Crippen LogP contribution < -0.4 is 5.32 Å². The first kappa shape index (κ1) is 18.0. The summed E-state index contributed by atoms with van der Waals surface area (Å²) in [5, 5.41) is 7.97. The second kappa shape index (κ2) is 6.77. The zero-order valence-electron chi connectivity index (χ0n) is 15.1. The lowest BCUT2D eigenvalue weighted by atomic mass is 9.78. The van der Waals surface area contributed by atoms with Crippen LogP contribution in [0, 0.1) is 11.6 Å². The van der Waals surface area contributed by atoms with Crippen molar-refractivity contribution in [2.45, 2.75) is 24.8 Å². The largest absolute Gasteiger partial charge is 0.328 e. The van der Waals surface area contributed by atoms with E-state index in [1.54, 1.807) is 6.07 Å². The zero-order chi connectivity index (χ0) is 20.1. The minimum Gasteiger partial charge on any atom is -0.328 e. The highest BCUT2D eigenvalue weighted by Crippen LogP contribution is 2.44. The first-order chi connectivity index (χ1) is 14.0. The van der Waals surface area contributed by atoms with Crippen LogP contribution in [0.5, 0.6) is 0 Å². The standard InChI is InChI=1S/C21H15ClF2N4O/c22-14-3-1-2-11(4-14)12-7-17-19(18(29)8-12)20(28-21(27-17)25-10-26-28)13-5-15(23)9-16(24)6-13/h1-6,9-10,12,20H,7-8H2,(H,25,26,27)/t12-,20+/m0/s1. The first-order valence-corrected chi connectivity index (χ1v) is 9.51. The molecule has 1 aliphatic carbocycles. The molecule has 5 nitrogen and oxygen atoms in total. The molecule has 0 saturated heterocycles. The number of carbonyl (C=O) groups is 1. The highest BCUT2D eigenvalue weighted by Gasteiger charge is 2.39. The molecule has 0 spiro atoms. The van der Waals surface area contributed by atoms with Crippen LogP contribution in [0.1, 0.15) is 35.9 Å². The van der Waals surface area contributed by atoms with E-state index in [2.05, 4.69) is 15.4 Å². The Bertz CT molecular complexity index is 1150. The minimum atomic E-state index is -0.734. The molecule has 0 fully saturated rings. The van der Waals surface area contributed by atoms with Gasteiger partial charge in [0.2, 0.25) is 5.95 Å². The van der Waals surface area contributed by atoms with Gasteiger partial charge in [-0.25, -0.2) is 13.5 Å². The van der Waals surface area contributed by atoms with E-state index in [0.717, 1.165) is 11.6 Å². The molecule has 2 aromatic carbocycles. The van der Waals surface area contributed by atoms with Crippen LogP contribution in [-0.2, 0) is 4.79 Å². The topological polar surface area (TPSA) is 59.8 Å². The summed E-state index contributed by atoms with van der Waals surface area (Å²) in [6, 6.07) is 9.97. The lowest BCUT2D eigenvalue weighted by Crippen LogP contribution is -2.33. The quantitative estimate of drug-likeness (QED) is 0.667. The van der Waals surface area contributed by atoms with Gasteiger partial charge in [-0.3, -0.25) is 4.79 Å². The number of nitrogens with one attached hydrogen (secondary N) is 1. The Morgan fingerprint density at radius 2 is 1.86 bits per heavy atom. The van der Waals surface area contributed by atoms with Crippen LogP contribution in [0.25, 0.3) is 0 Å². The molecule has 1 aromatic heterocycles. The summed E-state index contributed by atoms with van der Waals surface area (Å²) in [7, 11) is 0. The van der Waals surface area contributed by atoms with Crippen LogP contribution in [0.4, 0.5) is 14.7 Å². The second-order valence-electron chi connectivity index (χ2n) is 7.23. The van der Waals surface area contributed by atoms with E-state index in [0.29, 0.717) is 34.2 Å². The summed E-state index contributed by atoms with van der Waals surface area (Å²) in [4.78, 5) is 17.4. The number of allylic oxidation sites excluding steroid dienone is 2. The van der Waals surface area contributed by atoms with Gasteiger partial charge in [0.1, 0.15) is 24.0 Å². The van der Waals surface area contributed by atoms with Crippen LogP contribution in [-0.4, -0.2) is 20.5 Å². The molecular weight excluding hydrogens is 398 g/mol. The Balaban J connectivity index is 1.62. The molecular formula is C21H15ClF2N4O. The predicted molar refractivity (Wildman–Crippen MR) is 104 cm³/mol. The lowest BCUT2D eigenvalue weighted by molar-refractivity contribution is -0.116. The molecule has 1 N–H and O–H groups in total. The summed E-state index contributed by atoms with van der Waals surface area (Å²) < 4.78 is 29.3. The second-order valence-corrected chi connectivity index (χ2v) is 7.67. The molecule has 5 rings (SSSR count). The van der Waals surface area contributed by atoms with Gasteiger partial charge in [-0.1, -0.05) is 23.7 Å². The molecule has 0 saturated carbocycles. The van der Waals surface area contributed by atoms with Gasteiger partial charge in [0.15, 0.2) is 5.78 Å². The summed E-state index contributed by atoms with van der Waals surface area (Å²) in [5.41, 5.74) is 2.45. The molecule has 1 aliphatic heterocycles. The van der Waals surface area contributed by atoms with E-state index in [4.69, 9.17) is 11.6 Å². The van der Waals surface area contributed by atoms with Gasteiger partial charge >= 0.3 is 0 Å². The van der Waals surface area contributed by atoms with Crippen molar-refractivity contribution in [1.82, 2.24) is 14.8 Å². The molecule has 2 heterocycles. The summed E-state index contributed by atoms with van der Waals surface area (Å²) in [6.07, 6.45) is 2.18. The number of halogens is 3. The van der Waals surface area contributed by atoms with Crippen LogP contribution >= 0.6 is 11.6 Å². The van der Waals surface area contributed by atoms with Gasteiger partial charge in [0.25, 0.3) is 0 Å². The highest BCUT2D eigenvalue weighted by atomic mass is 35.5. The maximum atomic E-state index is 13.9. The number of carbonyl (C=O) groups excluding carboxylic acids is 1. The van der Waals surface area contributed by atoms with Crippen molar-refractivity contribution in [3.63, 3.8) is 0 Å². The number of hydrogen-bond acceptors (Lipinski definition) is 4. The monoisotopic (exact) mass is 412 g/mol. The molecule has 0 bridgehead atoms. The molecule has 0 radical (unpaired) electrons. The van der Waals surface area contributed by atoms with Gasteiger partial charge in [0.05, 0.1) is 0 Å². The average molecular weight is 413 g/mol. The number of hydrogen-bond donors (Lipinski definition) is 1. The average Bonchev–Trinajstić information content (AvgIpc) is 3.13. The van der Waals surface area contributed by atoms with E-state index in [1.807, 2.05) is 18.2 Å². The van der Waals surface area contributed by atoms with E-state index in [1.165, 1.54) is 23.1 Å². The Kier molecular flexibility index (Phi) is 4.20. The Morgan fingerprint density at radius 1 is 1.07 bits per heavy atom. The Labute approximate surface area is 170 Å². The number of nitrogens with zero attached hydrogens (tertiary/aromatic N) is 3. The van der Waals surface area contributed by atoms with E-state index in [-0.39, 0.29) is 18.1 Å². The zero-order valence-corrected chi connectivity index (χ0v) is 15.8. The fourth-order valence-corrected chi connectivity index (χ4v) is 4.39. The van der Waals surface area contributed by atoms with Crippen molar-refractivity contribution in [2.75, 3.05) is 5.32 Å². The molecule has 3 aromatic rings. The Morgan fingerprint density at radius 3 is 2.62 bits per heavy atom. The van der Waals surface area contributed by atoms with E-state index < -0.39 is 17.7 Å². The number of fused-ring (bicyclic) bond motifs is 1.